The van der Waals surface area contributed by atoms with Crippen LogP contribution in [0, 0.1) is 0 Å². The first-order valence-corrected chi connectivity index (χ1v) is 8.84. The van der Waals surface area contributed by atoms with Crippen molar-refractivity contribution >= 4 is 39.0 Å². The molecule has 0 bridgehead atoms. The van der Waals surface area contributed by atoms with Gasteiger partial charge in [-0.1, -0.05) is 13.8 Å². The Balaban J connectivity index is 1.71. The van der Waals surface area contributed by atoms with E-state index in [-0.39, 0.29) is 0 Å². The molecule has 0 radical (unpaired) electrons. The molecule has 3 rings (SSSR count). The summed E-state index contributed by atoms with van der Waals surface area (Å²) < 4.78 is 0. The smallest absolute Gasteiger partial charge is 0.225 e. The van der Waals surface area contributed by atoms with E-state index < -0.39 is 0 Å². The number of rotatable bonds is 7. The molecule has 4 nitrogen and oxygen atoms in total. The molecule has 6 heteroatoms. The van der Waals surface area contributed by atoms with Gasteiger partial charge < -0.3 is 5.32 Å². The van der Waals surface area contributed by atoms with E-state index in [1.165, 1.54) is 17.7 Å². The van der Waals surface area contributed by atoms with Gasteiger partial charge in [-0.15, -0.1) is 11.3 Å². The third kappa shape index (κ3) is 3.47. The van der Waals surface area contributed by atoms with Gasteiger partial charge in [0.2, 0.25) is 5.28 Å². The monoisotopic (exact) mass is 324 g/mol. The molecular weight excluding hydrogens is 304 g/mol. The van der Waals surface area contributed by atoms with Crippen molar-refractivity contribution in [1.82, 2.24) is 14.9 Å². The van der Waals surface area contributed by atoms with Gasteiger partial charge in [0.25, 0.3) is 0 Å². The van der Waals surface area contributed by atoms with Gasteiger partial charge in [-0.3, -0.25) is 4.90 Å². The van der Waals surface area contributed by atoms with Crippen molar-refractivity contribution in [3.8, 4) is 0 Å². The lowest BCUT2D eigenvalue weighted by atomic mass is 10.3. The lowest BCUT2D eigenvalue weighted by molar-refractivity contribution is 0.289. The first-order valence-electron chi connectivity index (χ1n) is 7.65. The van der Waals surface area contributed by atoms with Crippen LogP contribution < -0.4 is 5.32 Å². The second-order valence-electron chi connectivity index (χ2n) is 5.41. The van der Waals surface area contributed by atoms with E-state index in [4.69, 9.17) is 11.6 Å². The van der Waals surface area contributed by atoms with E-state index >= 15 is 0 Å². The largest absolute Gasteiger partial charge is 0.368 e. The molecule has 2 aromatic heterocycles. The predicted octanol–water partition coefficient (Wildman–Crippen LogP) is 3.80. The Labute approximate surface area is 134 Å². The van der Waals surface area contributed by atoms with Gasteiger partial charge in [0, 0.05) is 24.0 Å². The Hall–Kier alpha value is -0.910. The molecule has 2 aromatic rings. The van der Waals surface area contributed by atoms with Crippen LogP contribution >= 0.6 is 22.9 Å². The molecule has 1 N–H and O–H groups in total. The van der Waals surface area contributed by atoms with Crippen LogP contribution in [0.2, 0.25) is 5.28 Å². The fraction of sp³-hybridized carbons (Fsp3) is 0.600. The van der Waals surface area contributed by atoms with Crippen molar-refractivity contribution in [2.24, 2.45) is 0 Å². The predicted molar refractivity (Wildman–Crippen MR) is 90.6 cm³/mol. The quantitative estimate of drug-likeness (QED) is 0.786. The summed E-state index contributed by atoms with van der Waals surface area (Å²) >= 11 is 7.74. The number of likely N-dealkylation sites (N-methyl/N-ethyl adjacent to an activating group) is 1. The van der Waals surface area contributed by atoms with Crippen molar-refractivity contribution in [2.45, 2.75) is 39.2 Å². The zero-order valence-electron chi connectivity index (χ0n) is 12.5. The molecule has 1 saturated carbocycles. The van der Waals surface area contributed by atoms with Gasteiger partial charge >= 0.3 is 0 Å². The lowest BCUT2D eigenvalue weighted by Crippen LogP contribution is -2.31. The molecule has 1 fully saturated rings. The van der Waals surface area contributed by atoms with Gasteiger partial charge in [0.05, 0.1) is 5.39 Å². The van der Waals surface area contributed by atoms with Crippen molar-refractivity contribution in [2.75, 3.05) is 25.0 Å². The number of thiophene rings is 1. The normalized spacial score (nSPS) is 15.0. The Kier molecular flexibility index (Phi) is 4.62. The summed E-state index contributed by atoms with van der Waals surface area (Å²) in [4.78, 5) is 13.5. The maximum absolute atomic E-state index is 6.04. The summed E-state index contributed by atoms with van der Waals surface area (Å²) in [6, 6.07) is 2.98. The van der Waals surface area contributed by atoms with Gasteiger partial charge in [-0.05, 0) is 43.5 Å². The Bertz CT molecular complexity index is 623. The first kappa shape index (κ1) is 15.0. The zero-order valence-corrected chi connectivity index (χ0v) is 14.1. The van der Waals surface area contributed by atoms with Gasteiger partial charge in [0.15, 0.2) is 0 Å². The lowest BCUT2D eigenvalue weighted by Gasteiger charge is -2.20. The number of aryl methyl sites for hydroxylation is 1. The second-order valence-corrected chi connectivity index (χ2v) is 6.87. The van der Waals surface area contributed by atoms with Crippen molar-refractivity contribution in [1.29, 1.82) is 0 Å². The molecule has 0 atom stereocenters. The molecular formula is C15H21ClN4S. The van der Waals surface area contributed by atoms with Crippen molar-refractivity contribution < 1.29 is 0 Å². The maximum atomic E-state index is 6.04. The number of nitrogens with zero attached hydrogens (tertiary/aromatic N) is 3. The number of hydrogen-bond acceptors (Lipinski definition) is 5. The molecule has 21 heavy (non-hydrogen) atoms. The Morgan fingerprint density at radius 3 is 2.86 bits per heavy atom. The number of fused-ring (bicyclic) bond motifs is 1. The SMILES string of the molecule is CCc1cc2c(NCCN(CC)C3CC3)nc(Cl)nc2s1. The van der Waals surface area contributed by atoms with Gasteiger partial charge in [-0.25, -0.2) is 9.97 Å². The van der Waals surface area contributed by atoms with Crippen LogP contribution in [0.1, 0.15) is 31.6 Å². The maximum Gasteiger partial charge on any atom is 0.225 e. The number of halogens is 1. The minimum Gasteiger partial charge on any atom is -0.368 e. The summed E-state index contributed by atoms with van der Waals surface area (Å²) in [5.74, 6) is 0.868. The van der Waals surface area contributed by atoms with Crippen LogP contribution in [0.25, 0.3) is 10.2 Å². The molecule has 0 spiro atoms. The van der Waals surface area contributed by atoms with E-state index in [1.54, 1.807) is 11.3 Å². The zero-order chi connectivity index (χ0) is 14.8. The third-order valence-electron chi connectivity index (χ3n) is 3.93. The minimum atomic E-state index is 0.323. The fourth-order valence-corrected chi connectivity index (χ4v) is 3.80. The highest BCUT2D eigenvalue weighted by molar-refractivity contribution is 7.18. The Morgan fingerprint density at radius 1 is 1.38 bits per heavy atom. The molecule has 1 aliphatic rings. The van der Waals surface area contributed by atoms with Crippen LogP contribution in [0.15, 0.2) is 6.07 Å². The standard InChI is InChI=1S/C15H21ClN4S/c1-3-11-9-12-13(18-15(16)19-14(12)21-11)17-7-8-20(4-2)10-5-6-10/h9-10H,3-8H2,1-2H3,(H,17,18,19). The molecule has 0 aliphatic heterocycles. The fourth-order valence-electron chi connectivity index (χ4n) is 2.61. The molecule has 114 valence electrons. The molecule has 0 unspecified atom stereocenters. The molecule has 0 saturated heterocycles. The highest BCUT2D eigenvalue weighted by atomic mass is 35.5. The van der Waals surface area contributed by atoms with E-state index in [9.17, 15) is 0 Å². The minimum absolute atomic E-state index is 0.323. The average Bonchev–Trinajstić information content (AvgIpc) is 3.22. The van der Waals surface area contributed by atoms with Crippen LogP contribution in [-0.2, 0) is 6.42 Å². The first-order chi connectivity index (χ1) is 10.2. The van der Waals surface area contributed by atoms with Gasteiger partial charge in [-0.2, -0.15) is 0 Å². The summed E-state index contributed by atoms with van der Waals surface area (Å²) in [6.07, 6.45) is 3.72. The topological polar surface area (TPSA) is 41.0 Å². The van der Waals surface area contributed by atoms with E-state index in [0.29, 0.717) is 5.28 Å². The highest BCUT2D eigenvalue weighted by Crippen LogP contribution is 2.30. The molecule has 0 amide bonds. The number of aromatic nitrogens is 2. The summed E-state index contributed by atoms with van der Waals surface area (Å²) in [5, 5.41) is 4.86. The summed E-state index contributed by atoms with van der Waals surface area (Å²) in [5.41, 5.74) is 0. The highest BCUT2D eigenvalue weighted by Gasteiger charge is 2.27. The van der Waals surface area contributed by atoms with Crippen LogP contribution in [0.3, 0.4) is 0 Å². The van der Waals surface area contributed by atoms with Gasteiger partial charge in [0.1, 0.15) is 10.6 Å². The number of anilines is 1. The molecule has 2 heterocycles. The average molecular weight is 325 g/mol. The van der Waals surface area contributed by atoms with Crippen molar-refractivity contribution in [3.05, 3.63) is 16.2 Å². The van der Waals surface area contributed by atoms with E-state index in [1.807, 2.05) is 0 Å². The van der Waals surface area contributed by atoms with Crippen LogP contribution in [-0.4, -0.2) is 40.5 Å². The summed E-state index contributed by atoms with van der Waals surface area (Å²) in [6.45, 7) is 7.44. The summed E-state index contributed by atoms with van der Waals surface area (Å²) in [7, 11) is 0. The second kappa shape index (κ2) is 6.46. The number of nitrogens with one attached hydrogen (secondary N) is 1. The third-order valence-corrected chi connectivity index (χ3v) is 5.27. The van der Waals surface area contributed by atoms with Crippen LogP contribution in [0.5, 0.6) is 0 Å². The molecule has 0 aromatic carbocycles. The van der Waals surface area contributed by atoms with E-state index in [0.717, 1.165) is 48.1 Å². The molecule has 1 aliphatic carbocycles. The van der Waals surface area contributed by atoms with Crippen LogP contribution in [0.4, 0.5) is 5.82 Å². The van der Waals surface area contributed by atoms with Crippen molar-refractivity contribution in [3.63, 3.8) is 0 Å². The number of hydrogen-bond donors (Lipinski definition) is 1. The van der Waals surface area contributed by atoms with E-state index in [2.05, 4.69) is 40.1 Å². The Morgan fingerprint density at radius 2 is 2.19 bits per heavy atom.